The molecule has 3 aliphatic rings. The molecule has 1 fully saturated rings. The van der Waals surface area contributed by atoms with Crippen molar-refractivity contribution in [1.82, 2.24) is 4.90 Å². The highest BCUT2D eigenvalue weighted by Gasteiger charge is 2.57. The van der Waals surface area contributed by atoms with Crippen LogP contribution in [0.25, 0.3) is 11.1 Å². The zero-order valence-electron chi connectivity index (χ0n) is 33.1. The molecule has 55 heavy (non-hydrogen) atoms. The van der Waals surface area contributed by atoms with Gasteiger partial charge in [-0.1, -0.05) is 98.3 Å². The van der Waals surface area contributed by atoms with Gasteiger partial charge in [0, 0.05) is 29.6 Å². The van der Waals surface area contributed by atoms with Gasteiger partial charge in [0.05, 0.1) is 32.3 Å². The number of nitrogens with zero attached hydrogens (tertiary/aromatic N) is 1. The number of benzene rings is 4. The number of aliphatic hydroxyl groups is 2. The van der Waals surface area contributed by atoms with E-state index in [0.717, 1.165) is 47.1 Å². The second kappa shape index (κ2) is 17.4. The molecule has 0 aliphatic heterocycles. The number of carbonyl (C=O) groups is 2. The number of hydrogen-bond acceptors (Lipinski definition) is 6. The average Bonchev–Trinajstić information content (AvgIpc) is 3.45. The van der Waals surface area contributed by atoms with Gasteiger partial charge in [0.15, 0.2) is 17.3 Å². The molecule has 0 radical (unpaired) electrons. The highest BCUT2D eigenvalue weighted by Crippen LogP contribution is 2.59. The summed E-state index contributed by atoms with van der Waals surface area (Å²) in [4.78, 5) is 30.9. The molecule has 1 amide bonds. The fourth-order valence-corrected chi connectivity index (χ4v) is 9.05. The number of amides is 1. The van der Waals surface area contributed by atoms with E-state index in [-0.39, 0.29) is 30.6 Å². The van der Waals surface area contributed by atoms with E-state index < -0.39 is 17.1 Å². The van der Waals surface area contributed by atoms with Gasteiger partial charge >= 0.3 is 0 Å². The predicted octanol–water partition coefficient (Wildman–Crippen LogP) is 9.12. The monoisotopic (exact) mass is 743 g/mol. The van der Waals surface area contributed by atoms with Gasteiger partial charge in [-0.15, -0.1) is 0 Å². The van der Waals surface area contributed by atoms with Crippen LogP contribution in [0.2, 0.25) is 0 Å². The van der Waals surface area contributed by atoms with Crippen LogP contribution in [-0.2, 0) is 17.6 Å². The summed E-state index contributed by atoms with van der Waals surface area (Å²) in [6.45, 7) is 7.06. The molecule has 4 atom stereocenters. The van der Waals surface area contributed by atoms with Gasteiger partial charge in [0.1, 0.15) is 0 Å². The Morgan fingerprint density at radius 3 is 2.36 bits per heavy atom. The van der Waals surface area contributed by atoms with Gasteiger partial charge in [0.2, 0.25) is 5.91 Å². The molecule has 4 aromatic rings. The molecule has 7 heteroatoms. The number of ether oxygens (including phenoxy) is 2. The molecule has 2 N–H and O–H groups in total. The lowest BCUT2D eigenvalue weighted by atomic mass is 9.64. The highest BCUT2D eigenvalue weighted by atomic mass is 16.5. The number of aliphatic hydroxyl groups excluding tert-OH is 1. The number of rotatable bonds is 11. The first-order valence-electron chi connectivity index (χ1n) is 19.9. The molecule has 290 valence electrons. The van der Waals surface area contributed by atoms with Crippen LogP contribution in [-0.4, -0.2) is 65.8 Å². The maximum absolute atomic E-state index is 15.0. The largest absolute Gasteiger partial charge is 0.493 e. The molecule has 1 saturated carbocycles. The van der Waals surface area contributed by atoms with Gasteiger partial charge in [-0.2, -0.15) is 0 Å². The van der Waals surface area contributed by atoms with Gasteiger partial charge in [0.25, 0.3) is 0 Å². The smallest absolute Gasteiger partial charge is 0.227 e. The molecular formula is C48H57NO6. The number of methoxy groups -OCH3 is 2. The number of allylic oxidation sites excluding steroid dienone is 2. The van der Waals surface area contributed by atoms with E-state index in [0.29, 0.717) is 61.3 Å². The van der Waals surface area contributed by atoms with Gasteiger partial charge in [-0.3, -0.25) is 9.59 Å². The van der Waals surface area contributed by atoms with Gasteiger partial charge in [-0.05, 0) is 110 Å². The van der Waals surface area contributed by atoms with E-state index in [9.17, 15) is 19.8 Å². The highest BCUT2D eigenvalue weighted by molar-refractivity contribution is 6.13. The van der Waals surface area contributed by atoms with Crippen molar-refractivity contribution in [3.63, 3.8) is 0 Å². The van der Waals surface area contributed by atoms with Crippen molar-refractivity contribution in [3.05, 3.63) is 130 Å². The minimum absolute atomic E-state index is 0.0533. The van der Waals surface area contributed by atoms with Crippen LogP contribution in [0.5, 0.6) is 11.5 Å². The molecule has 4 aromatic carbocycles. The van der Waals surface area contributed by atoms with Crippen LogP contribution in [0.4, 0.5) is 0 Å². The Hall–Kier alpha value is -4.72. The van der Waals surface area contributed by atoms with E-state index in [1.807, 2.05) is 83.8 Å². The number of carbonyl (C=O) groups excluding carboxylic acids is 2. The van der Waals surface area contributed by atoms with Gasteiger partial charge < -0.3 is 24.6 Å². The van der Waals surface area contributed by atoms with E-state index in [1.54, 1.807) is 14.2 Å². The van der Waals surface area contributed by atoms with Crippen LogP contribution in [0.1, 0.15) is 104 Å². The van der Waals surface area contributed by atoms with E-state index in [1.165, 1.54) is 5.57 Å². The van der Waals surface area contributed by atoms with Crippen molar-refractivity contribution in [3.8, 4) is 22.6 Å². The van der Waals surface area contributed by atoms with Crippen molar-refractivity contribution in [2.45, 2.75) is 96.2 Å². The first-order valence-corrected chi connectivity index (χ1v) is 19.9. The second-order valence-electron chi connectivity index (χ2n) is 15.9. The quantitative estimate of drug-likeness (QED) is 0.118. The maximum atomic E-state index is 15.0. The third-order valence-corrected chi connectivity index (χ3v) is 12.3. The van der Waals surface area contributed by atoms with Crippen LogP contribution in [0.3, 0.4) is 0 Å². The van der Waals surface area contributed by atoms with Crippen LogP contribution in [0.15, 0.2) is 103 Å². The number of hydrogen-bond donors (Lipinski definition) is 2. The standard InChI is InChI=1S/C48H57NO6/c1-6-27-49(45(51)31-35-20-23-43(54-4)44(30-35)55-5)32-48(53)26-24-42-39-22-19-34(28-37(50)21-18-33(2)13-12-25-47(42,48)3)29-41(39)46(52)40-17-11-10-16-38(40)36-14-8-7-9-15-36/h7-11,13-17,19-20,22-23,29-30,37,42,50,53H,6,12,18,21,24-28,31-32H2,1-5H3. The first-order chi connectivity index (χ1) is 26.5. The van der Waals surface area contributed by atoms with E-state index in [2.05, 4.69) is 39.0 Å². The molecule has 0 saturated heterocycles. The Morgan fingerprint density at radius 1 is 0.873 bits per heavy atom. The number of fused-ring (bicyclic) bond motifs is 8. The second-order valence-corrected chi connectivity index (χ2v) is 15.9. The fourth-order valence-electron chi connectivity index (χ4n) is 9.05. The van der Waals surface area contributed by atoms with Crippen molar-refractivity contribution in [1.29, 1.82) is 0 Å². The summed E-state index contributed by atoms with van der Waals surface area (Å²) in [6, 6.07) is 29.4. The molecule has 7 nitrogen and oxygen atoms in total. The maximum Gasteiger partial charge on any atom is 0.227 e. The van der Waals surface area contributed by atoms with Crippen molar-refractivity contribution >= 4 is 11.7 Å². The summed E-state index contributed by atoms with van der Waals surface area (Å²) in [7, 11) is 3.17. The summed E-state index contributed by atoms with van der Waals surface area (Å²) in [6.07, 6.45) is 7.07. The molecule has 3 aliphatic carbocycles. The van der Waals surface area contributed by atoms with Crippen LogP contribution >= 0.6 is 0 Å². The SMILES string of the molecule is CCCN(CC1(O)CCC2c3ccc(cc3C(=O)c3ccccc3-c3ccccc3)CC(O)CCC(C)=CCCC21C)C(=O)Cc1ccc(OC)c(OC)c1. The minimum Gasteiger partial charge on any atom is -0.493 e. The summed E-state index contributed by atoms with van der Waals surface area (Å²) in [5.41, 5.74) is 5.07. The molecule has 0 heterocycles. The van der Waals surface area contributed by atoms with Gasteiger partial charge in [-0.25, -0.2) is 0 Å². The molecule has 0 aromatic heterocycles. The summed E-state index contributed by atoms with van der Waals surface area (Å²) in [5, 5.41) is 24.1. The average molecular weight is 744 g/mol. The Labute approximate surface area is 327 Å². The lowest BCUT2D eigenvalue weighted by Crippen LogP contribution is -2.54. The third kappa shape index (κ3) is 8.58. The summed E-state index contributed by atoms with van der Waals surface area (Å²) >= 11 is 0. The van der Waals surface area contributed by atoms with Crippen molar-refractivity contribution in [2.75, 3.05) is 27.3 Å². The van der Waals surface area contributed by atoms with Crippen LogP contribution in [0, 0.1) is 5.41 Å². The normalized spacial score (nSPS) is 22.6. The number of ketones is 1. The molecular weight excluding hydrogens is 687 g/mol. The summed E-state index contributed by atoms with van der Waals surface area (Å²) < 4.78 is 10.9. The minimum atomic E-state index is -1.21. The van der Waals surface area contributed by atoms with Crippen molar-refractivity contribution in [2.24, 2.45) is 5.41 Å². The molecule has 0 spiro atoms. The Bertz CT molecular complexity index is 2000. The molecule has 7 rings (SSSR count). The topological polar surface area (TPSA) is 96.3 Å². The fraction of sp³-hybridized carbons (Fsp3) is 0.417. The van der Waals surface area contributed by atoms with E-state index >= 15 is 0 Å². The Morgan fingerprint density at radius 2 is 1.62 bits per heavy atom. The summed E-state index contributed by atoms with van der Waals surface area (Å²) in [5.74, 6) is 0.902. The third-order valence-electron chi connectivity index (χ3n) is 12.3. The lowest BCUT2D eigenvalue weighted by Gasteiger charge is -2.46. The molecule has 2 bridgehead atoms. The van der Waals surface area contributed by atoms with E-state index in [4.69, 9.17) is 9.47 Å². The van der Waals surface area contributed by atoms with Crippen molar-refractivity contribution < 1.29 is 29.3 Å². The Kier molecular flexibility index (Phi) is 12.6. The lowest BCUT2D eigenvalue weighted by molar-refractivity contribution is -0.139. The predicted molar refractivity (Wildman–Crippen MR) is 219 cm³/mol. The zero-order chi connectivity index (χ0) is 39.2. The van der Waals surface area contributed by atoms with Crippen LogP contribution < -0.4 is 9.47 Å². The first kappa shape index (κ1) is 40.0. The Balaban J connectivity index is 1.41. The zero-order valence-corrected chi connectivity index (χ0v) is 33.1. The molecule has 4 unspecified atom stereocenters.